The second-order valence-corrected chi connectivity index (χ2v) is 8.28. The SMILES string of the molecule is C[C@H](C(=O)NC(C)(C)C)[S@](=O)Cc1ccc(-n2cccn2)cc1. The predicted octanol–water partition coefficient (Wildman–Crippen LogP) is 2.42. The smallest absolute Gasteiger partial charge is 0.235 e. The average Bonchev–Trinajstić information content (AvgIpc) is 2.99. The molecule has 1 aromatic heterocycles. The molecule has 2 rings (SSSR count). The molecule has 0 saturated carbocycles. The number of carbonyl (C=O) groups excluding carboxylic acids is 1. The molecule has 0 aliphatic heterocycles. The third kappa shape index (κ3) is 5.03. The molecule has 0 unspecified atom stereocenters. The molecule has 1 N–H and O–H groups in total. The van der Waals surface area contributed by atoms with Crippen molar-refractivity contribution in [1.82, 2.24) is 15.1 Å². The molecule has 23 heavy (non-hydrogen) atoms. The van der Waals surface area contributed by atoms with E-state index < -0.39 is 16.0 Å². The third-order valence-electron chi connectivity index (χ3n) is 3.28. The normalized spacial score (nSPS) is 14.3. The van der Waals surface area contributed by atoms with Crippen LogP contribution >= 0.6 is 0 Å². The maximum Gasteiger partial charge on any atom is 0.235 e. The zero-order chi connectivity index (χ0) is 17.0. The van der Waals surface area contributed by atoms with Gasteiger partial charge >= 0.3 is 0 Å². The van der Waals surface area contributed by atoms with Gasteiger partial charge in [0, 0.05) is 34.5 Å². The number of aromatic nitrogens is 2. The molecule has 5 nitrogen and oxygen atoms in total. The molecule has 0 aliphatic rings. The average molecular weight is 333 g/mol. The molecule has 0 saturated heterocycles. The van der Waals surface area contributed by atoms with E-state index in [2.05, 4.69) is 10.4 Å². The summed E-state index contributed by atoms with van der Waals surface area (Å²) in [4.78, 5) is 12.1. The third-order valence-corrected chi connectivity index (χ3v) is 4.90. The Morgan fingerprint density at radius 1 is 1.30 bits per heavy atom. The van der Waals surface area contributed by atoms with Crippen molar-refractivity contribution in [3.05, 3.63) is 48.3 Å². The van der Waals surface area contributed by atoms with Gasteiger partial charge in [0.15, 0.2) is 0 Å². The monoisotopic (exact) mass is 333 g/mol. The Morgan fingerprint density at radius 3 is 2.48 bits per heavy atom. The lowest BCUT2D eigenvalue weighted by Gasteiger charge is -2.23. The van der Waals surface area contributed by atoms with Crippen LogP contribution in [0.1, 0.15) is 33.3 Å². The number of rotatable bonds is 5. The molecule has 2 aromatic rings. The van der Waals surface area contributed by atoms with Gasteiger partial charge in [0.05, 0.1) is 5.69 Å². The Labute approximate surface area is 139 Å². The molecule has 124 valence electrons. The van der Waals surface area contributed by atoms with E-state index in [0.29, 0.717) is 5.75 Å². The lowest BCUT2D eigenvalue weighted by molar-refractivity contribution is -0.121. The van der Waals surface area contributed by atoms with Gasteiger partial charge in [-0.25, -0.2) is 4.68 Å². The number of nitrogens with one attached hydrogen (secondary N) is 1. The molecule has 1 amide bonds. The zero-order valence-electron chi connectivity index (χ0n) is 13.9. The minimum atomic E-state index is -1.26. The van der Waals surface area contributed by atoms with E-state index >= 15 is 0 Å². The van der Waals surface area contributed by atoms with Crippen molar-refractivity contribution in [1.29, 1.82) is 0 Å². The van der Waals surface area contributed by atoms with E-state index in [1.165, 1.54) is 0 Å². The zero-order valence-corrected chi connectivity index (χ0v) is 14.8. The molecule has 1 aromatic carbocycles. The number of benzene rings is 1. The molecule has 6 heteroatoms. The minimum Gasteiger partial charge on any atom is -0.350 e. The summed E-state index contributed by atoms with van der Waals surface area (Å²) in [6.45, 7) is 7.44. The fourth-order valence-electron chi connectivity index (χ4n) is 2.05. The summed E-state index contributed by atoms with van der Waals surface area (Å²) >= 11 is 0. The van der Waals surface area contributed by atoms with Gasteiger partial charge in [0.25, 0.3) is 0 Å². The summed E-state index contributed by atoms with van der Waals surface area (Å²) in [7, 11) is -1.26. The molecule has 1 heterocycles. The fourth-order valence-corrected chi connectivity index (χ4v) is 3.12. The van der Waals surface area contributed by atoms with Crippen molar-refractivity contribution in [3.8, 4) is 5.69 Å². The Morgan fingerprint density at radius 2 is 1.96 bits per heavy atom. The van der Waals surface area contributed by atoms with Crippen molar-refractivity contribution >= 4 is 16.7 Å². The van der Waals surface area contributed by atoms with Crippen molar-refractivity contribution < 1.29 is 9.00 Å². The van der Waals surface area contributed by atoms with Crippen LogP contribution in [0.4, 0.5) is 0 Å². The first kappa shape index (κ1) is 17.4. The first-order chi connectivity index (χ1) is 10.8. The van der Waals surface area contributed by atoms with Crippen molar-refractivity contribution in [2.75, 3.05) is 0 Å². The molecule has 0 fully saturated rings. The van der Waals surface area contributed by atoms with E-state index in [9.17, 15) is 9.00 Å². The van der Waals surface area contributed by atoms with E-state index in [-0.39, 0.29) is 11.4 Å². The van der Waals surface area contributed by atoms with Gasteiger partial charge in [-0.3, -0.25) is 9.00 Å². The molecular weight excluding hydrogens is 310 g/mol. The van der Waals surface area contributed by atoms with Crippen molar-refractivity contribution in [2.24, 2.45) is 0 Å². The highest BCUT2D eigenvalue weighted by molar-refractivity contribution is 7.85. The van der Waals surface area contributed by atoms with E-state index in [4.69, 9.17) is 0 Å². The summed E-state index contributed by atoms with van der Waals surface area (Å²) < 4.78 is 14.2. The molecular formula is C17H23N3O2S. The first-order valence-electron chi connectivity index (χ1n) is 7.54. The molecule has 2 atom stereocenters. The van der Waals surface area contributed by atoms with Crippen LogP contribution in [-0.4, -0.2) is 30.7 Å². The molecule has 0 spiro atoms. The Hall–Kier alpha value is -1.95. The van der Waals surface area contributed by atoms with Crippen LogP contribution in [0.3, 0.4) is 0 Å². The van der Waals surface area contributed by atoms with Crippen LogP contribution in [0, 0.1) is 0 Å². The highest BCUT2D eigenvalue weighted by atomic mass is 32.2. The van der Waals surface area contributed by atoms with Gasteiger partial charge in [0.2, 0.25) is 5.91 Å². The van der Waals surface area contributed by atoms with Gasteiger partial charge in [-0.1, -0.05) is 12.1 Å². The van der Waals surface area contributed by atoms with Crippen LogP contribution in [0.5, 0.6) is 0 Å². The van der Waals surface area contributed by atoms with E-state index in [1.807, 2.05) is 57.3 Å². The number of hydrogen-bond donors (Lipinski definition) is 1. The maximum atomic E-state index is 12.4. The van der Waals surface area contributed by atoms with Crippen molar-refractivity contribution in [2.45, 2.75) is 44.2 Å². The van der Waals surface area contributed by atoms with E-state index in [1.54, 1.807) is 17.8 Å². The first-order valence-corrected chi connectivity index (χ1v) is 8.92. The highest BCUT2D eigenvalue weighted by Gasteiger charge is 2.23. The predicted molar refractivity (Wildman–Crippen MR) is 92.8 cm³/mol. The number of hydrogen-bond acceptors (Lipinski definition) is 3. The van der Waals surface area contributed by atoms with Gasteiger partial charge < -0.3 is 5.32 Å². The van der Waals surface area contributed by atoms with Crippen LogP contribution in [0.2, 0.25) is 0 Å². The van der Waals surface area contributed by atoms with Crippen LogP contribution in [0.25, 0.3) is 5.69 Å². The molecule has 0 aliphatic carbocycles. The van der Waals surface area contributed by atoms with Gasteiger partial charge in [-0.2, -0.15) is 5.10 Å². The number of nitrogens with zero attached hydrogens (tertiary/aromatic N) is 2. The standard InChI is InChI=1S/C17H23N3O2S/c1-13(16(21)19-17(2,3)4)23(22)12-14-6-8-15(9-7-14)20-11-5-10-18-20/h5-11,13H,12H2,1-4H3,(H,19,21)/t13-,23-/m1/s1. The largest absolute Gasteiger partial charge is 0.350 e. The Bertz CT molecular complexity index is 673. The second kappa shape index (κ2) is 7.08. The van der Waals surface area contributed by atoms with E-state index in [0.717, 1.165) is 11.3 Å². The van der Waals surface area contributed by atoms with Gasteiger partial charge in [-0.15, -0.1) is 0 Å². The molecule has 0 radical (unpaired) electrons. The maximum absolute atomic E-state index is 12.4. The summed E-state index contributed by atoms with van der Waals surface area (Å²) in [6, 6.07) is 9.56. The lowest BCUT2D eigenvalue weighted by atomic mass is 10.1. The highest BCUT2D eigenvalue weighted by Crippen LogP contribution is 2.13. The Kier molecular flexibility index (Phi) is 5.36. The van der Waals surface area contributed by atoms with Crippen LogP contribution in [0.15, 0.2) is 42.7 Å². The summed E-state index contributed by atoms with van der Waals surface area (Å²) in [5, 5.41) is 6.49. The fraction of sp³-hybridized carbons (Fsp3) is 0.412. The molecule has 0 bridgehead atoms. The topological polar surface area (TPSA) is 64.0 Å². The summed E-state index contributed by atoms with van der Waals surface area (Å²) in [5.74, 6) is 0.182. The minimum absolute atomic E-state index is 0.177. The number of carbonyl (C=O) groups is 1. The lowest BCUT2D eigenvalue weighted by Crippen LogP contribution is -2.46. The van der Waals surface area contributed by atoms with Crippen molar-refractivity contribution in [3.63, 3.8) is 0 Å². The Balaban J connectivity index is 1.98. The summed E-state index contributed by atoms with van der Waals surface area (Å²) in [6.07, 6.45) is 3.59. The number of amides is 1. The van der Waals surface area contributed by atoms with Crippen LogP contribution in [-0.2, 0) is 21.3 Å². The summed E-state index contributed by atoms with van der Waals surface area (Å²) in [5.41, 5.74) is 1.57. The second-order valence-electron chi connectivity index (χ2n) is 6.52. The van der Waals surface area contributed by atoms with Crippen LogP contribution < -0.4 is 5.32 Å². The van der Waals surface area contributed by atoms with Gasteiger partial charge in [0.1, 0.15) is 5.25 Å². The van der Waals surface area contributed by atoms with Gasteiger partial charge in [-0.05, 0) is 51.5 Å². The quantitative estimate of drug-likeness (QED) is 0.914.